The van der Waals surface area contributed by atoms with E-state index in [0.29, 0.717) is 36.9 Å². The van der Waals surface area contributed by atoms with E-state index >= 15 is 0 Å². The summed E-state index contributed by atoms with van der Waals surface area (Å²) in [6.45, 7) is 3.67. The topological polar surface area (TPSA) is 97.0 Å². The zero-order valence-electron chi connectivity index (χ0n) is 17.3. The van der Waals surface area contributed by atoms with Crippen molar-refractivity contribution in [1.29, 1.82) is 0 Å². The summed E-state index contributed by atoms with van der Waals surface area (Å²) in [7, 11) is -3.72. The van der Waals surface area contributed by atoms with Gasteiger partial charge in [0.2, 0.25) is 15.9 Å². The van der Waals surface area contributed by atoms with E-state index in [9.17, 15) is 17.6 Å². The molecule has 8 nitrogen and oxygen atoms in total. The zero-order valence-corrected chi connectivity index (χ0v) is 18.1. The van der Waals surface area contributed by atoms with Crippen molar-refractivity contribution in [3.05, 3.63) is 48.3 Å². The first-order valence-electron chi connectivity index (χ1n) is 10.1. The number of anilines is 1. The van der Waals surface area contributed by atoms with Gasteiger partial charge in [-0.3, -0.25) is 4.79 Å². The van der Waals surface area contributed by atoms with E-state index in [0.717, 1.165) is 6.42 Å². The standard InChI is InChI=1S/C21H26FN3O5S/c1-2-9-23-21(26)15-24-19-14-18(31(27,28)25-10-12-29-13-11-25)7-8-20(19)30-17-5-3-16(22)4-6-17/h3-8,14,24H,2,9-13,15H2,1H3,(H,23,26). The fourth-order valence-electron chi connectivity index (χ4n) is 2.96. The Morgan fingerprint density at radius 2 is 1.87 bits per heavy atom. The van der Waals surface area contributed by atoms with Crippen molar-refractivity contribution in [3.8, 4) is 11.5 Å². The molecule has 1 amide bonds. The molecular weight excluding hydrogens is 425 g/mol. The monoisotopic (exact) mass is 451 g/mol. The third kappa shape index (κ3) is 6.16. The summed E-state index contributed by atoms with van der Waals surface area (Å²) in [5, 5.41) is 5.70. The highest BCUT2D eigenvalue weighted by Gasteiger charge is 2.27. The van der Waals surface area contributed by atoms with Gasteiger partial charge in [-0.1, -0.05) is 6.92 Å². The number of ether oxygens (including phenoxy) is 2. The second-order valence-corrected chi connectivity index (χ2v) is 8.87. The molecule has 3 rings (SSSR count). The quantitative estimate of drug-likeness (QED) is 0.608. The van der Waals surface area contributed by atoms with Crippen LogP contribution >= 0.6 is 0 Å². The molecule has 0 atom stereocenters. The normalized spacial score (nSPS) is 14.8. The SMILES string of the molecule is CCCNC(=O)CNc1cc(S(=O)(=O)N2CCOCC2)ccc1Oc1ccc(F)cc1. The molecule has 1 aliphatic heterocycles. The first kappa shape index (κ1) is 23.0. The molecule has 0 radical (unpaired) electrons. The Balaban J connectivity index is 1.86. The van der Waals surface area contributed by atoms with Gasteiger partial charge in [0.25, 0.3) is 0 Å². The Morgan fingerprint density at radius 1 is 1.16 bits per heavy atom. The number of sulfonamides is 1. The van der Waals surface area contributed by atoms with Crippen LogP contribution in [0.1, 0.15) is 13.3 Å². The number of morpholine rings is 1. The Kier molecular flexibility index (Phi) is 7.83. The second kappa shape index (κ2) is 10.6. The van der Waals surface area contributed by atoms with Gasteiger partial charge in [-0.05, 0) is 48.9 Å². The highest BCUT2D eigenvalue weighted by molar-refractivity contribution is 7.89. The van der Waals surface area contributed by atoms with E-state index in [1.54, 1.807) is 0 Å². The van der Waals surface area contributed by atoms with Crippen LogP contribution in [0, 0.1) is 5.82 Å². The van der Waals surface area contributed by atoms with Crippen molar-refractivity contribution in [3.63, 3.8) is 0 Å². The molecule has 168 valence electrons. The second-order valence-electron chi connectivity index (χ2n) is 6.93. The van der Waals surface area contributed by atoms with Crippen molar-refractivity contribution in [2.75, 3.05) is 44.7 Å². The number of benzene rings is 2. The molecule has 0 spiro atoms. The lowest BCUT2D eigenvalue weighted by molar-refractivity contribution is -0.119. The van der Waals surface area contributed by atoms with Gasteiger partial charge in [-0.2, -0.15) is 4.31 Å². The summed E-state index contributed by atoms with van der Waals surface area (Å²) in [5.74, 6) is 0.0702. The van der Waals surface area contributed by atoms with E-state index in [4.69, 9.17) is 9.47 Å². The van der Waals surface area contributed by atoms with Crippen LogP contribution in [0.4, 0.5) is 10.1 Å². The van der Waals surface area contributed by atoms with Crippen LogP contribution < -0.4 is 15.4 Å². The van der Waals surface area contributed by atoms with Crippen LogP contribution in [0.25, 0.3) is 0 Å². The summed E-state index contributed by atoms with van der Waals surface area (Å²) >= 11 is 0. The fourth-order valence-corrected chi connectivity index (χ4v) is 4.40. The number of rotatable bonds is 9. The summed E-state index contributed by atoms with van der Waals surface area (Å²) in [5.41, 5.74) is 0.338. The number of amides is 1. The Hall–Kier alpha value is -2.69. The molecule has 31 heavy (non-hydrogen) atoms. The third-order valence-electron chi connectivity index (χ3n) is 4.61. The van der Waals surface area contributed by atoms with Crippen LogP contribution in [-0.2, 0) is 19.6 Å². The Bertz CT molecular complexity index is 993. The summed E-state index contributed by atoms with van der Waals surface area (Å²) in [6, 6.07) is 9.86. The Morgan fingerprint density at radius 3 is 2.55 bits per heavy atom. The number of halogens is 1. The molecule has 0 saturated carbocycles. The average Bonchev–Trinajstić information content (AvgIpc) is 2.79. The van der Waals surface area contributed by atoms with Gasteiger partial charge < -0.3 is 20.1 Å². The minimum Gasteiger partial charge on any atom is -0.455 e. The molecule has 2 aromatic rings. The van der Waals surface area contributed by atoms with Crippen LogP contribution in [0.15, 0.2) is 47.4 Å². The lowest BCUT2D eigenvalue weighted by Gasteiger charge is -2.26. The van der Waals surface area contributed by atoms with Gasteiger partial charge in [0, 0.05) is 19.6 Å². The molecule has 0 bridgehead atoms. The molecule has 2 aromatic carbocycles. The molecule has 1 heterocycles. The first-order valence-corrected chi connectivity index (χ1v) is 11.5. The average molecular weight is 452 g/mol. The molecule has 1 aliphatic rings. The van der Waals surface area contributed by atoms with Crippen molar-refractivity contribution in [2.24, 2.45) is 0 Å². The maximum atomic E-state index is 13.2. The van der Waals surface area contributed by atoms with E-state index in [-0.39, 0.29) is 30.4 Å². The van der Waals surface area contributed by atoms with E-state index in [1.807, 2.05) is 6.92 Å². The fraction of sp³-hybridized carbons (Fsp3) is 0.381. The molecule has 10 heteroatoms. The van der Waals surface area contributed by atoms with Gasteiger partial charge in [-0.15, -0.1) is 0 Å². The molecule has 2 N–H and O–H groups in total. The minimum absolute atomic E-state index is 0.0547. The predicted octanol–water partition coefficient (Wildman–Crippen LogP) is 2.58. The lowest BCUT2D eigenvalue weighted by atomic mass is 10.2. The number of nitrogens with zero attached hydrogens (tertiary/aromatic N) is 1. The van der Waals surface area contributed by atoms with Gasteiger partial charge >= 0.3 is 0 Å². The van der Waals surface area contributed by atoms with Crippen LogP contribution in [0.5, 0.6) is 11.5 Å². The third-order valence-corrected chi connectivity index (χ3v) is 6.51. The number of hydrogen-bond donors (Lipinski definition) is 2. The number of carbonyl (C=O) groups is 1. The Labute approximate surface area is 181 Å². The van der Waals surface area contributed by atoms with E-state index in [2.05, 4.69) is 10.6 Å². The molecule has 0 aliphatic carbocycles. The number of hydrogen-bond acceptors (Lipinski definition) is 6. The van der Waals surface area contributed by atoms with Crippen LogP contribution in [0.3, 0.4) is 0 Å². The summed E-state index contributed by atoms with van der Waals surface area (Å²) in [6.07, 6.45) is 0.804. The van der Waals surface area contributed by atoms with Crippen LogP contribution in [-0.4, -0.2) is 58.0 Å². The number of nitrogens with one attached hydrogen (secondary N) is 2. The van der Waals surface area contributed by atoms with Crippen molar-refractivity contribution in [2.45, 2.75) is 18.2 Å². The van der Waals surface area contributed by atoms with Crippen molar-refractivity contribution < 1.29 is 27.1 Å². The highest BCUT2D eigenvalue weighted by atomic mass is 32.2. The van der Waals surface area contributed by atoms with Gasteiger partial charge in [-0.25, -0.2) is 12.8 Å². The maximum Gasteiger partial charge on any atom is 0.243 e. The highest BCUT2D eigenvalue weighted by Crippen LogP contribution is 2.33. The van der Waals surface area contributed by atoms with Crippen molar-refractivity contribution >= 4 is 21.6 Å². The van der Waals surface area contributed by atoms with Gasteiger partial charge in [0.15, 0.2) is 5.75 Å². The summed E-state index contributed by atoms with van der Waals surface area (Å²) in [4.78, 5) is 12.1. The lowest BCUT2D eigenvalue weighted by Crippen LogP contribution is -2.40. The first-order chi connectivity index (χ1) is 14.9. The molecule has 0 unspecified atom stereocenters. The predicted molar refractivity (Wildman–Crippen MR) is 114 cm³/mol. The summed E-state index contributed by atoms with van der Waals surface area (Å²) < 4.78 is 51.6. The number of carbonyl (C=O) groups excluding carboxylic acids is 1. The minimum atomic E-state index is -3.72. The van der Waals surface area contributed by atoms with Gasteiger partial charge in [0.1, 0.15) is 11.6 Å². The largest absolute Gasteiger partial charge is 0.455 e. The molecule has 1 fully saturated rings. The molecule has 1 saturated heterocycles. The smallest absolute Gasteiger partial charge is 0.243 e. The van der Waals surface area contributed by atoms with E-state index in [1.165, 1.54) is 46.8 Å². The van der Waals surface area contributed by atoms with Crippen LogP contribution in [0.2, 0.25) is 0 Å². The zero-order chi connectivity index (χ0) is 22.3. The van der Waals surface area contributed by atoms with Crippen molar-refractivity contribution in [1.82, 2.24) is 9.62 Å². The molecule has 0 aromatic heterocycles. The molecular formula is C21H26FN3O5S. The van der Waals surface area contributed by atoms with Gasteiger partial charge in [0.05, 0.1) is 30.3 Å². The maximum absolute atomic E-state index is 13.2. The van der Waals surface area contributed by atoms with E-state index < -0.39 is 15.8 Å².